The van der Waals surface area contributed by atoms with Gasteiger partial charge >= 0.3 is 0 Å². The van der Waals surface area contributed by atoms with Crippen molar-refractivity contribution < 1.29 is 4.39 Å². The molecule has 0 bridgehead atoms. The van der Waals surface area contributed by atoms with Gasteiger partial charge in [0.2, 0.25) is 0 Å². The zero-order valence-corrected chi connectivity index (χ0v) is 12.3. The molecule has 1 rings (SSSR count). The predicted octanol–water partition coefficient (Wildman–Crippen LogP) is 4.15. The molecule has 96 valence electrons. The molecule has 3 heteroatoms. The van der Waals surface area contributed by atoms with Gasteiger partial charge < -0.3 is 5.32 Å². The van der Waals surface area contributed by atoms with Crippen molar-refractivity contribution in [1.29, 1.82) is 0 Å². The Labute approximate surface area is 112 Å². The molecule has 2 atom stereocenters. The summed E-state index contributed by atoms with van der Waals surface area (Å²) in [6.45, 7) is 4.43. The molecule has 0 spiro atoms. The van der Waals surface area contributed by atoms with Gasteiger partial charge in [-0.05, 0) is 49.6 Å². The maximum absolute atomic E-state index is 13.6. The molecule has 0 saturated heterocycles. The number of rotatable bonds is 6. The first-order chi connectivity index (χ1) is 8.06. The molecule has 0 aliphatic rings. The molecule has 0 amide bonds. The average molecular weight is 302 g/mol. The third-order valence-corrected chi connectivity index (χ3v) is 3.76. The second-order valence-electron chi connectivity index (χ2n) is 4.67. The van der Waals surface area contributed by atoms with E-state index in [0.717, 1.165) is 22.9 Å². The van der Waals surface area contributed by atoms with Crippen molar-refractivity contribution in [3.63, 3.8) is 0 Å². The number of halogens is 2. The van der Waals surface area contributed by atoms with Crippen molar-refractivity contribution >= 4 is 15.9 Å². The largest absolute Gasteiger partial charge is 0.317 e. The number of hydrogen-bond donors (Lipinski definition) is 1. The summed E-state index contributed by atoms with van der Waals surface area (Å²) < 4.78 is 14.6. The van der Waals surface area contributed by atoms with Crippen LogP contribution in [0.4, 0.5) is 4.39 Å². The normalized spacial score (nSPS) is 14.6. The van der Waals surface area contributed by atoms with Gasteiger partial charge in [0, 0.05) is 10.5 Å². The summed E-state index contributed by atoms with van der Waals surface area (Å²) >= 11 is 3.39. The lowest BCUT2D eigenvalue weighted by molar-refractivity contribution is 0.406. The second-order valence-corrected chi connectivity index (χ2v) is 5.59. The maximum Gasteiger partial charge on any atom is 0.126 e. The number of likely N-dealkylation sites (N-methyl/N-ethyl adjacent to an activating group) is 1. The molecule has 1 nitrogen and oxygen atoms in total. The standard InChI is InChI=1S/C14H21BrFN/c1-4-10(2)7-13(17-3)9-11-8-12(15)5-6-14(11)16/h5-6,8,10,13,17H,4,7,9H2,1-3H3. The summed E-state index contributed by atoms with van der Waals surface area (Å²) in [5.41, 5.74) is 0.780. The van der Waals surface area contributed by atoms with Crippen LogP contribution in [0.15, 0.2) is 22.7 Å². The molecule has 0 fully saturated rings. The van der Waals surface area contributed by atoms with Gasteiger partial charge in [-0.2, -0.15) is 0 Å². The van der Waals surface area contributed by atoms with Gasteiger partial charge in [-0.1, -0.05) is 36.2 Å². The van der Waals surface area contributed by atoms with E-state index in [4.69, 9.17) is 0 Å². The summed E-state index contributed by atoms with van der Waals surface area (Å²) in [6.07, 6.45) is 2.99. The van der Waals surface area contributed by atoms with Crippen LogP contribution in [0.5, 0.6) is 0 Å². The van der Waals surface area contributed by atoms with Crippen molar-refractivity contribution in [2.24, 2.45) is 5.92 Å². The Kier molecular flexibility index (Phi) is 6.14. The van der Waals surface area contributed by atoms with E-state index in [1.807, 2.05) is 13.1 Å². The first-order valence-electron chi connectivity index (χ1n) is 6.18. The van der Waals surface area contributed by atoms with Crippen LogP contribution in [0.1, 0.15) is 32.3 Å². The first kappa shape index (κ1) is 14.7. The first-order valence-corrected chi connectivity index (χ1v) is 6.97. The van der Waals surface area contributed by atoms with Crippen LogP contribution in [-0.2, 0) is 6.42 Å². The summed E-state index contributed by atoms with van der Waals surface area (Å²) in [4.78, 5) is 0. The molecule has 0 saturated carbocycles. The maximum atomic E-state index is 13.6. The van der Waals surface area contributed by atoms with Gasteiger partial charge in [0.05, 0.1) is 0 Å². The van der Waals surface area contributed by atoms with Gasteiger partial charge in [-0.25, -0.2) is 4.39 Å². The highest BCUT2D eigenvalue weighted by molar-refractivity contribution is 9.10. The smallest absolute Gasteiger partial charge is 0.126 e. The van der Waals surface area contributed by atoms with Crippen LogP contribution in [0.3, 0.4) is 0 Å². The molecular formula is C14H21BrFN. The monoisotopic (exact) mass is 301 g/mol. The Morgan fingerprint density at radius 1 is 1.41 bits per heavy atom. The van der Waals surface area contributed by atoms with Crippen LogP contribution in [0.25, 0.3) is 0 Å². The molecule has 0 aliphatic carbocycles. The zero-order chi connectivity index (χ0) is 12.8. The van der Waals surface area contributed by atoms with E-state index < -0.39 is 0 Å². The molecule has 0 heterocycles. The molecular weight excluding hydrogens is 281 g/mol. The Balaban J connectivity index is 2.69. The number of benzene rings is 1. The summed E-state index contributed by atoms with van der Waals surface area (Å²) in [5.74, 6) is 0.556. The Morgan fingerprint density at radius 2 is 2.12 bits per heavy atom. The molecule has 0 aromatic heterocycles. The Hall–Kier alpha value is -0.410. The second kappa shape index (κ2) is 7.12. The minimum Gasteiger partial charge on any atom is -0.317 e. The van der Waals surface area contributed by atoms with E-state index >= 15 is 0 Å². The molecule has 0 radical (unpaired) electrons. The Bertz CT molecular complexity index is 354. The van der Waals surface area contributed by atoms with Crippen molar-refractivity contribution in [2.45, 2.75) is 39.2 Å². The highest BCUT2D eigenvalue weighted by Gasteiger charge is 2.13. The lowest BCUT2D eigenvalue weighted by Crippen LogP contribution is -2.29. The van der Waals surface area contributed by atoms with Gasteiger partial charge in [-0.15, -0.1) is 0 Å². The van der Waals surface area contributed by atoms with Crippen LogP contribution in [0, 0.1) is 11.7 Å². The highest BCUT2D eigenvalue weighted by atomic mass is 79.9. The van der Waals surface area contributed by atoms with Crippen LogP contribution in [-0.4, -0.2) is 13.1 Å². The van der Waals surface area contributed by atoms with Crippen LogP contribution >= 0.6 is 15.9 Å². The van der Waals surface area contributed by atoms with Crippen LogP contribution in [0.2, 0.25) is 0 Å². The molecule has 0 aliphatic heterocycles. The van der Waals surface area contributed by atoms with E-state index in [1.54, 1.807) is 6.07 Å². The fourth-order valence-corrected chi connectivity index (χ4v) is 2.33. The number of hydrogen-bond acceptors (Lipinski definition) is 1. The summed E-state index contributed by atoms with van der Waals surface area (Å²) in [5, 5.41) is 3.28. The average Bonchev–Trinajstić information content (AvgIpc) is 2.32. The third-order valence-electron chi connectivity index (χ3n) is 3.27. The van der Waals surface area contributed by atoms with Gasteiger partial charge in [-0.3, -0.25) is 0 Å². The van der Waals surface area contributed by atoms with Gasteiger partial charge in [0.25, 0.3) is 0 Å². The fourth-order valence-electron chi connectivity index (χ4n) is 1.92. The predicted molar refractivity (Wildman–Crippen MR) is 74.7 cm³/mol. The zero-order valence-electron chi connectivity index (χ0n) is 10.8. The molecule has 17 heavy (non-hydrogen) atoms. The molecule has 1 aromatic carbocycles. The minimum absolute atomic E-state index is 0.113. The van der Waals surface area contributed by atoms with Gasteiger partial charge in [0.15, 0.2) is 0 Å². The third kappa shape index (κ3) is 4.76. The van der Waals surface area contributed by atoms with Gasteiger partial charge in [0.1, 0.15) is 5.82 Å². The minimum atomic E-state index is -0.113. The van der Waals surface area contributed by atoms with Crippen molar-refractivity contribution in [2.75, 3.05) is 7.05 Å². The number of nitrogens with one attached hydrogen (secondary N) is 1. The van der Waals surface area contributed by atoms with Crippen LogP contribution < -0.4 is 5.32 Å². The van der Waals surface area contributed by atoms with E-state index in [2.05, 4.69) is 35.1 Å². The van der Waals surface area contributed by atoms with E-state index in [-0.39, 0.29) is 5.82 Å². The molecule has 1 N–H and O–H groups in total. The lowest BCUT2D eigenvalue weighted by Gasteiger charge is -2.20. The van der Waals surface area contributed by atoms with Crippen molar-refractivity contribution in [3.8, 4) is 0 Å². The fraction of sp³-hybridized carbons (Fsp3) is 0.571. The SMILES string of the molecule is CCC(C)CC(Cc1cc(Br)ccc1F)NC. The Morgan fingerprint density at radius 3 is 2.71 bits per heavy atom. The topological polar surface area (TPSA) is 12.0 Å². The van der Waals surface area contributed by atoms with E-state index in [0.29, 0.717) is 12.0 Å². The van der Waals surface area contributed by atoms with Crippen molar-refractivity contribution in [1.82, 2.24) is 5.32 Å². The molecule has 1 aromatic rings. The highest BCUT2D eigenvalue weighted by Crippen LogP contribution is 2.19. The molecule has 2 unspecified atom stereocenters. The van der Waals surface area contributed by atoms with Crippen molar-refractivity contribution in [3.05, 3.63) is 34.1 Å². The quantitative estimate of drug-likeness (QED) is 0.832. The summed E-state index contributed by atoms with van der Waals surface area (Å²) in [6, 6.07) is 5.47. The van der Waals surface area contributed by atoms with E-state index in [1.165, 1.54) is 12.5 Å². The summed E-state index contributed by atoms with van der Waals surface area (Å²) in [7, 11) is 1.95. The van der Waals surface area contributed by atoms with E-state index in [9.17, 15) is 4.39 Å². The lowest BCUT2D eigenvalue weighted by atomic mass is 9.94.